The van der Waals surface area contributed by atoms with Crippen LogP contribution in [-0.2, 0) is 9.09 Å². The molecule has 0 aliphatic rings. The molecule has 15 heavy (non-hydrogen) atoms. The quantitative estimate of drug-likeness (QED) is 0.257. The Labute approximate surface area is 112 Å². The summed E-state index contributed by atoms with van der Waals surface area (Å²) in [6, 6.07) is 0. The van der Waals surface area contributed by atoms with Gasteiger partial charge in [-0.1, -0.05) is 6.92 Å². The number of nitrogens with zero attached hydrogens (tertiary/aromatic N) is 1. The number of hydrogen-bond donors (Lipinski definition) is 2. The van der Waals surface area contributed by atoms with E-state index in [-0.39, 0.29) is 55.9 Å². The number of aliphatic hydroxyl groups is 2. The van der Waals surface area contributed by atoms with E-state index in [1.807, 2.05) is 0 Å². The van der Waals surface area contributed by atoms with E-state index >= 15 is 0 Å². The summed E-state index contributed by atoms with van der Waals surface area (Å²) in [4.78, 5) is 12.0. The molecule has 2 N–H and O–H groups in total. The second-order valence-corrected chi connectivity index (χ2v) is 3.45. The molecule has 0 spiro atoms. The molecule has 0 saturated carbocycles. The maximum Gasteiger partial charge on any atom is 1.00 e. The summed E-state index contributed by atoms with van der Waals surface area (Å²) in [5.74, 6) is 0. The molecule has 0 aromatic carbocycles. The van der Waals surface area contributed by atoms with E-state index in [0.29, 0.717) is 6.42 Å². The molecular weight excluding hydrogens is 232 g/mol. The molecule has 0 aromatic rings. The molecule has 0 aliphatic carbocycles. The summed E-state index contributed by atoms with van der Waals surface area (Å²) in [6.07, 6.45) is -0.100. The zero-order valence-corrected chi connectivity index (χ0v) is 12.2. The summed E-state index contributed by atoms with van der Waals surface area (Å²) in [6.45, 7) is 2.15. The van der Waals surface area contributed by atoms with Crippen LogP contribution in [-0.4, -0.2) is 47.6 Å². The van der Waals surface area contributed by atoms with Gasteiger partial charge in [0, 0.05) is 13.1 Å². The molecule has 8 heteroatoms. The van der Waals surface area contributed by atoms with Crippen molar-refractivity contribution in [3.8, 4) is 0 Å². The van der Waals surface area contributed by atoms with E-state index in [0.717, 1.165) is 0 Å². The fourth-order valence-corrected chi connectivity index (χ4v) is 1.72. The first kappa shape index (κ1) is 18.4. The van der Waals surface area contributed by atoms with Crippen molar-refractivity contribution >= 4 is 8.25 Å². The number of hydrogen-bond acceptors (Lipinski definition) is 6. The van der Waals surface area contributed by atoms with Gasteiger partial charge in [0.05, 0.1) is 13.2 Å². The van der Waals surface area contributed by atoms with Crippen molar-refractivity contribution in [1.29, 1.82) is 0 Å². The van der Waals surface area contributed by atoms with Crippen LogP contribution < -0.4 is 34.5 Å². The van der Waals surface area contributed by atoms with Gasteiger partial charge in [0.25, 0.3) is 0 Å². The van der Waals surface area contributed by atoms with E-state index < -0.39 is 14.5 Å². The van der Waals surface area contributed by atoms with E-state index in [1.54, 1.807) is 11.8 Å². The number of aliphatic hydroxyl groups excluding tert-OH is 2. The van der Waals surface area contributed by atoms with Gasteiger partial charge in [0.1, 0.15) is 14.5 Å². The molecule has 0 saturated heterocycles. The van der Waals surface area contributed by atoms with Crippen molar-refractivity contribution in [2.45, 2.75) is 19.6 Å². The predicted molar refractivity (Wildman–Crippen MR) is 49.9 cm³/mol. The summed E-state index contributed by atoms with van der Waals surface area (Å²) in [5.41, 5.74) is 0. The first-order chi connectivity index (χ1) is 6.65. The molecule has 0 rings (SSSR count). The Bertz CT molecular complexity index is 167. The average Bonchev–Trinajstić information content (AvgIpc) is 2.13. The van der Waals surface area contributed by atoms with Crippen molar-refractivity contribution in [1.82, 2.24) is 4.90 Å². The van der Waals surface area contributed by atoms with Gasteiger partial charge >= 0.3 is 29.6 Å². The van der Waals surface area contributed by atoms with Crippen LogP contribution in [0.2, 0.25) is 0 Å². The Morgan fingerprint density at radius 2 is 1.87 bits per heavy atom. The van der Waals surface area contributed by atoms with Gasteiger partial charge in [-0.15, -0.1) is 0 Å². The molecule has 0 fully saturated rings. The molecule has 0 radical (unpaired) electrons. The third-order valence-corrected chi connectivity index (χ3v) is 2.23. The SMILES string of the molecule is CCC(O[PH](=O)[O-])N(CCO)CCO.[Na+]. The molecular formula is C7H17NNaO5P. The molecule has 0 aromatic heterocycles. The Kier molecular flexibility index (Phi) is 14.1. The first-order valence-corrected chi connectivity index (χ1v) is 5.71. The van der Waals surface area contributed by atoms with Crippen molar-refractivity contribution in [3.05, 3.63) is 0 Å². The maximum absolute atomic E-state index is 10.4. The van der Waals surface area contributed by atoms with Crippen LogP contribution in [0.15, 0.2) is 0 Å². The third kappa shape index (κ3) is 8.80. The molecule has 2 unspecified atom stereocenters. The van der Waals surface area contributed by atoms with Gasteiger partial charge in [-0.05, 0) is 6.42 Å². The van der Waals surface area contributed by atoms with Crippen molar-refractivity contribution < 1.29 is 53.8 Å². The van der Waals surface area contributed by atoms with E-state index in [9.17, 15) is 9.46 Å². The summed E-state index contributed by atoms with van der Waals surface area (Å²) >= 11 is 0. The largest absolute Gasteiger partial charge is 1.00 e. The van der Waals surface area contributed by atoms with Gasteiger partial charge in [-0.2, -0.15) is 0 Å². The van der Waals surface area contributed by atoms with E-state index in [4.69, 9.17) is 10.2 Å². The summed E-state index contributed by atoms with van der Waals surface area (Å²) in [7, 11) is -3.23. The Morgan fingerprint density at radius 1 is 1.40 bits per heavy atom. The van der Waals surface area contributed by atoms with Gasteiger partial charge in [0.15, 0.2) is 0 Å². The maximum atomic E-state index is 10.4. The number of rotatable bonds is 8. The summed E-state index contributed by atoms with van der Waals surface area (Å²) < 4.78 is 15.0. The van der Waals surface area contributed by atoms with Crippen LogP contribution >= 0.6 is 8.25 Å². The predicted octanol–water partition coefficient (Wildman–Crippen LogP) is -4.22. The van der Waals surface area contributed by atoms with Gasteiger partial charge in [-0.25, -0.2) is 0 Å². The minimum absolute atomic E-state index is 0. The van der Waals surface area contributed by atoms with Crippen LogP contribution in [0.3, 0.4) is 0 Å². The van der Waals surface area contributed by atoms with Crippen LogP contribution in [0.25, 0.3) is 0 Å². The van der Waals surface area contributed by atoms with Crippen LogP contribution in [0.4, 0.5) is 0 Å². The average molecular weight is 249 g/mol. The minimum atomic E-state index is -3.23. The topological polar surface area (TPSA) is 93.1 Å². The zero-order valence-electron chi connectivity index (χ0n) is 9.18. The van der Waals surface area contributed by atoms with Gasteiger partial charge < -0.3 is 24.2 Å². The summed E-state index contributed by atoms with van der Waals surface area (Å²) in [5, 5.41) is 17.4. The van der Waals surface area contributed by atoms with E-state index in [2.05, 4.69) is 4.52 Å². The Morgan fingerprint density at radius 3 is 2.13 bits per heavy atom. The van der Waals surface area contributed by atoms with Crippen molar-refractivity contribution in [3.63, 3.8) is 0 Å². The second-order valence-electron chi connectivity index (χ2n) is 2.71. The fourth-order valence-electron chi connectivity index (χ4n) is 1.18. The van der Waals surface area contributed by atoms with E-state index in [1.165, 1.54) is 0 Å². The second kappa shape index (κ2) is 11.5. The molecule has 0 amide bonds. The van der Waals surface area contributed by atoms with Gasteiger partial charge in [0.2, 0.25) is 0 Å². The molecule has 86 valence electrons. The van der Waals surface area contributed by atoms with Crippen molar-refractivity contribution in [2.75, 3.05) is 26.3 Å². The first-order valence-electron chi connectivity index (χ1n) is 4.49. The minimum Gasteiger partial charge on any atom is -0.781 e. The molecule has 0 aliphatic heterocycles. The zero-order chi connectivity index (χ0) is 11.0. The van der Waals surface area contributed by atoms with Crippen LogP contribution in [0.5, 0.6) is 0 Å². The Balaban J connectivity index is 0. The Hall–Kier alpha value is 1.03. The third-order valence-electron chi connectivity index (χ3n) is 1.76. The standard InChI is InChI=1S/C7H18NO5P.Na/c1-2-7(13-14(11)12)8(3-5-9)4-6-10;/h7,9-10,14H,2-6H2,1H3,(H,11,12);/q;+1/p-1. The smallest absolute Gasteiger partial charge is 0.781 e. The fraction of sp³-hybridized carbons (Fsp3) is 1.00. The monoisotopic (exact) mass is 249 g/mol. The van der Waals surface area contributed by atoms with Crippen LogP contribution in [0, 0.1) is 0 Å². The molecule has 0 bridgehead atoms. The molecule has 0 heterocycles. The van der Waals surface area contributed by atoms with Crippen LogP contribution in [0.1, 0.15) is 13.3 Å². The van der Waals surface area contributed by atoms with Crippen molar-refractivity contribution in [2.24, 2.45) is 0 Å². The molecule has 6 nitrogen and oxygen atoms in total. The normalized spacial score (nSPS) is 14.7. The molecule has 2 atom stereocenters. The van der Waals surface area contributed by atoms with Gasteiger partial charge in [-0.3, -0.25) is 4.90 Å².